The molecule has 1 saturated carbocycles. The molecule has 162 valence electrons. The van der Waals surface area contributed by atoms with Gasteiger partial charge in [-0.15, -0.1) is 0 Å². The number of H-pyrrole nitrogens is 1. The molecule has 3 heterocycles. The van der Waals surface area contributed by atoms with Crippen LogP contribution >= 0.6 is 0 Å². The minimum atomic E-state index is -0.133. The third-order valence-corrected chi connectivity index (χ3v) is 6.19. The minimum Gasteiger partial charge on any atom is -0.349 e. The Labute approximate surface area is 176 Å². The topological polar surface area (TPSA) is 108 Å². The summed E-state index contributed by atoms with van der Waals surface area (Å²) in [6, 6.07) is 0.500. The van der Waals surface area contributed by atoms with Gasteiger partial charge in [0.15, 0.2) is 0 Å². The predicted octanol–water partition coefficient (Wildman–Crippen LogP) is 1.31. The Bertz CT molecular complexity index is 843. The van der Waals surface area contributed by atoms with Crippen LogP contribution in [-0.4, -0.2) is 61.4 Å². The highest BCUT2D eigenvalue weighted by molar-refractivity contribution is 5.91. The summed E-state index contributed by atoms with van der Waals surface area (Å²) < 4.78 is 2.04. The maximum absolute atomic E-state index is 12.6. The van der Waals surface area contributed by atoms with Gasteiger partial charge >= 0.3 is 0 Å². The van der Waals surface area contributed by atoms with Gasteiger partial charge < -0.3 is 20.2 Å². The van der Waals surface area contributed by atoms with Crippen LogP contribution in [0.4, 0.5) is 0 Å². The summed E-state index contributed by atoms with van der Waals surface area (Å²) in [4.78, 5) is 38.4. The fourth-order valence-corrected chi connectivity index (χ4v) is 4.29. The van der Waals surface area contributed by atoms with Crippen LogP contribution in [0, 0.1) is 5.92 Å². The molecule has 1 aliphatic carbocycles. The first kappa shape index (κ1) is 20.6. The molecule has 2 amide bonds. The first-order valence-electron chi connectivity index (χ1n) is 10.9. The van der Waals surface area contributed by atoms with E-state index in [2.05, 4.69) is 37.4 Å². The number of likely N-dealkylation sites (tertiary alicyclic amines) is 1. The second kappa shape index (κ2) is 9.42. The molecule has 2 aliphatic rings. The normalized spacial score (nSPS) is 21.6. The molecule has 0 radical (unpaired) electrons. The molecule has 3 N–H and O–H groups in total. The van der Waals surface area contributed by atoms with E-state index in [9.17, 15) is 9.59 Å². The molecule has 9 nitrogen and oxygen atoms in total. The average molecular weight is 414 g/mol. The second-order valence-electron chi connectivity index (χ2n) is 8.31. The summed E-state index contributed by atoms with van der Waals surface area (Å²) in [7, 11) is 0. The average Bonchev–Trinajstić information content (AvgIpc) is 3.14. The van der Waals surface area contributed by atoms with Gasteiger partial charge in [0, 0.05) is 50.5 Å². The fraction of sp³-hybridized carbons (Fsp3) is 0.619. The van der Waals surface area contributed by atoms with E-state index in [-0.39, 0.29) is 23.9 Å². The SMILES string of the molecule is CCn1ccnc1CNC(=O)C[C@H]1CC[C@@H](CNC(=O)c2cnc[nH]2)N1CC1CC1. The van der Waals surface area contributed by atoms with Gasteiger partial charge in [-0.05, 0) is 38.5 Å². The van der Waals surface area contributed by atoms with E-state index in [1.54, 1.807) is 6.20 Å². The van der Waals surface area contributed by atoms with Gasteiger partial charge in [0.25, 0.3) is 5.91 Å². The third kappa shape index (κ3) is 5.08. The van der Waals surface area contributed by atoms with Crippen LogP contribution in [0.2, 0.25) is 0 Å². The van der Waals surface area contributed by atoms with Crippen molar-refractivity contribution in [3.63, 3.8) is 0 Å². The van der Waals surface area contributed by atoms with E-state index in [4.69, 9.17) is 0 Å². The highest BCUT2D eigenvalue weighted by atomic mass is 16.2. The maximum atomic E-state index is 12.6. The Morgan fingerprint density at radius 3 is 2.77 bits per heavy atom. The van der Waals surface area contributed by atoms with Crippen molar-refractivity contribution in [1.82, 2.24) is 35.1 Å². The maximum Gasteiger partial charge on any atom is 0.269 e. The summed E-state index contributed by atoms with van der Waals surface area (Å²) in [5, 5.41) is 6.05. The standard InChI is InChI=1S/C21H31N7O2/c1-2-27-8-7-23-19(27)12-24-20(29)9-16-5-6-17(28(16)13-15-3-4-15)10-25-21(30)18-11-22-14-26-18/h7-8,11,14-17H,2-6,9-10,12-13H2,1H3,(H,22,26)(H,24,29)(H,25,30)/t16-,17+/m1/s1. The van der Waals surface area contributed by atoms with Crippen LogP contribution in [0.3, 0.4) is 0 Å². The molecule has 1 saturated heterocycles. The van der Waals surface area contributed by atoms with Gasteiger partial charge in [-0.25, -0.2) is 9.97 Å². The Hall–Kier alpha value is -2.68. The number of amides is 2. The highest BCUT2D eigenvalue weighted by Gasteiger charge is 2.38. The number of carbonyl (C=O) groups is 2. The van der Waals surface area contributed by atoms with Crippen molar-refractivity contribution in [2.45, 2.75) is 64.2 Å². The molecule has 2 aromatic heterocycles. The zero-order chi connectivity index (χ0) is 20.9. The summed E-state index contributed by atoms with van der Waals surface area (Å²) in [6.45, 7) is 4.97. The Balaban J connectivity index is 1.29. The lowest BCUT2D eigenvalue weighted by molar-refractivity contribution is -0.122. The number of nitrogens with zero attached hydrogens (tertiary/aromatic N) is 4. The van der Waals surface area contributed by atoms with Gasteiger partial charge in [-0.1, -0.05) is 0 Å². The number of nitrogens with one attached hydrogen (secondary N) is 3. The largest absolute Gasteiger partial charge is 0.349 e. The molecule has 2 atom stereocenters. The third-order valence-electron chi connectivity index (χ3n) is 6.19. The lowest BCUT2D eigenvalue weighted by Gasteiger charge is -2.30. The summed E-state index contributed by atoms with van der Waals surface area (Å²) in [6.07, 6.45) is 11.7. The van der Waals surface area contributed by atoms with E-state index in [0.29, 0.717) is 25.2 Å². The van der Waals surface area contributed by atoms with E-state index in [1.165, 1.54) is 25.4 Å². The summed E-state index contributed by atoms with van der Waals surface area (Å²) >= 11 is 0. The molecule has 2 aromatic rings. The van der Waals surface area contributed by atoms with Gasteiger partial charge in [-0.3, -0.25) is 14.5 Å². The van der Waals surface area contributed by atoms with Crippen LogP contribution in [0.1, 0.15) is 55.3 Å². The quantitative estimate of drug-likeness (QED) is 0.544. The lowest BCUT2D eigenvalue weighted by Crippen LogP contribution is -2.45. The molecule has 0 unspecified atom stereocenters. The van der Waals surface area contributed by atoms with Crippen molar-refractivity contribution in [3.8, 4) is 0 Å². The van der Waals surface area contributed by atoms with Crippen LogP contribution in [0.25, 0.3) is 0 Å². The highest BCUT2D eigenvalue weighted by Crippen LogP contribution is 2.35. The van der Waals surface area contributed by atoms with Crippen molar-refractivity contribution < 1.29 is 9.59 Å². The van der Waals surface area contributed by atoms with Crippen molar-refractivity contribution >= 4 is 11.8 Å². The molecule has 0 aromatic carbocycles. The van der Waals surface area contributed by atoms with E-state index in [1.807, 2.05) is 10.8 Å². The van der Waals surface area contributed by atoms with Crippen LogP contribution in [0.5, 0.6) is 0 Å². The van der Waals surface area contributed by atoms with Gasteiger partial charge in [0.1, 0.15) is 11.5 Å². The Morgan fingerprint density at radius 2 is 2.03 bits per heavy atom. The monoisotopic (exact) mass is 413 g/mol. The Kier molecular flexibility index (Phi) is 6.47. The molecular formula is C21H31N7O2. The molecule has 9 heteroatoms. The van der Waals surface area contributed by atoms with Crippen molar-refractivity contribution in [2.75, 3.05) is 13.1 Å². The molecule has 1 aliphatic heterocycles. The van der Waals surface area contributed by atoms with E-state index in [0.717, 1.165) is 37.7 Å². The number of rotatable bonds is 10. The van der Waals surface area contributed by atoms with Crippen LogP contribution in [-0.2, 0) is 17.9 Å². The number of aryl methyl sites for hydroxylation is 1. The lowest BCUT2D eigenvalue weighted by atomic mass is 10.1. The fourth-order valence-electron chi connectivity index (χ4n) is 4.29. The molecular weight excluding hydrogens is 382 g/mol. The van der Waals surface area contributed by atoms with Crippen molar-refractivity contribution in [1.29, 1.82) is 0 Å². The van der Waals surface area contributed by atoms with Gasteiger partial charge in [-0.2, -0.15) is 0 Å². The van der Waals surface area contributed by atoms with Crippen LogP contribution in [0.15, 0.2) is 24.9 Å². The number of imidazole rings is 2. The molecule has 0 spiro atoms. The first-order valence-corrected chi connectivity index (χ1v) is 10.9. The number of aromatic nitrogens is 4. The molecule has 4 rings (SSSR count). The zero-order valence-electron chi connectivity index (χ0n) is 17.5. The molecule has 0 bridgehead atoms. The zero-order valence-corrected chi connectivity index (χ0v) is 17.5. The minimum absolute atomic E-state index is 0.0635. The van der Waals surface area contributed by atoms with Crippen LogP contribution < -0.4 is 10.6 Å². The molecule has 2 fully saturated rings. The number of aromatic amines is 1. The first-order chi connectivity index (χ1) is 14.6. The van der Waals surface area contributed by atoms with E-state index < -0.39 is 0 Å². The number of hydrogen-bond donors (Lipinski definition) is 3. The van der Waals surface area contributed by atoms with E-state index >= 15 is 0 Å². The smallest absolute Gasteiger partial charge is 0.269 e. The van der Waals surface area contributed by atoms with Crippen molar-refractivity contribution in [3.05, 3.63) is 36.4 Å². The number of hydrogen-bond acceptors (Lipinski definition) is 5. The molecule has 30 heavy (non-hydrogen) atoms. The second-order valence-corrected chi connectivity index (χ2v) is 8.31. The Morgan fingerprint density at radius 1 is 1.20 bits per heavy atom. The predicted molar refractivity (Wildman–Crippen MR) is 112 cm³/mol. The van der Waals surface area contributed by atoms with Gasteiger partial charge in [0.05, 0.1) is 19.1 Å². The summed E-state index contributed by atoms with van der Waals surface area (Å²) in [5.74, 6) is 1.54. The summed E-state index contributed by atoms with van der Waals surface area (Å²) in [5.41, 5.74) is 0.475. The van der Waals surface area contributed by atoms with Gasteiger partial charge in [0.2, 0.25) is 5.91 Å². The number of carbonyl (C=O) groups excluding carboxylic acids is 2. The van der Waals surface area contributed by atoms with Crippen molar-refractivity contribution in [2.24, 2.45) is 5.92 Å².